The van der Waals surface area contributed by atoms with Gasteiger partial charge in [-0.15, -0.1) is 0 Å². The molecule has 2 aliphatic rings. The Kier molecular flexibility index (Phi) is 5.89. The summed E-state index contributed by atoms with van der Waals surface area (Å²) in [7, 11) is 0. The van der Waals surface area contributed by atoms with Crippen molar-refractivity contribution in [2.45, 2.75) is 51.6 Å². The maximum Gasteiger partial charge on any atom is 0.232 e. The molecule has 2 aromatic rings. The number of nitrogens with zero attached hydrogens (tertiary/aromatic N) is 4. The lowest BCUT2D eigenvalue weighted by Crippen LogP contribution is -2.41. The first-order valence-corrected chi connectivity index (χ1v) is 10.5. The molecule has 0 spiro atoms. The molecule has 4 N–H and O–H groups in total. The van der Waals surface area contributed by atoms with Crippen LogP contribution in [-0.4, -0.2) is 44.9 Å². The Morgan fingerprint density at radius 3 is 2.62 bits per heavy atom. The lowest BCUT2D eigenvalue weighted by molar-refractivity contribution is -0.126. The first kappa shape index (κ1) is 19.6. The molecule has 1 saturated carbocycles. The van der Waals surface area contributed by atoms with Gasteiger partial charge in [-0.05, 0) is 56.8 Å². The van der Waals surface area contributed by atoms with Gasteiger partial charge in [0.2, 0.25) is 17.8 Å². The van der Waals surface area contributed by atoms with Crippen LogP contribution in [0, 0.1) is 5.92 Å². The van der Waals surface area contributed by atoms with Crippen LogP contribution in [0.2, 0.25) is 0 Å². The molecule has 29 heavy (non-hydrogen) atoms. The average molecular weight is 396 g/mol. The van der Waals surface area contributed by atoms with Crippen LogP contribution in [0.15, 0.2) is 24.3 Å². The molecule has 0 unspecified atom stereocenters. The second-order valence-corrected chi connectivity index (χ2v) is 7.90. The number of nitrogens with one attached hydrogen (secondary N) is 2. The van der Waals surface area contributed by atoms with E-state index in [0.717, 1.165) is 50.9 Å². The van der Waals surface area contributed by atoms with Crippen LogP contribution in [0.1, 0.15) is 44.0 Å². The van der Waals surface area contributed by atoms with Gasteiger partial charge in [-0.1, -0.05) is 25.1 Å². The summed E-state index contributed by atoms with van der Waals surface area (Å²) >= 11 is 0. The molecule has 1 saturated heterocycles. The molecule has 8 heteroatoms. The summed E-state index contributed by atoms with van der Waals surface area (Å²) in [6.45, 7) is 4.43. The largest absolute Gasteiger partial charge is 0.368 e. The number of piperidine rings is 1. The number of nitrogen functional groups attached to an aromatic ring is 1. The fourth-order valence-electron chi connectivity index (χ4n) is 3.74. The predicted molar refractivity (Wildman–Crippen MR) is 113 cm³/mol. The maximum absolute atomic E-state index is 12.2. The van der Waals surface area contributed by atoms with Gasteiger partial charge in [0.05, 0.1) is 6.54 Å². The van der Waals surface area contributed by atoms with Crippen LogP contribution in [0.3, 0.4) is 0 Å². The highest BCUT2D eigenvalue weighted by Crippen LogP contribution is 2.24. The number of para-hydroxylation sites is 1. The van der Waals surface area contributed by atoms with Crippen molar-refractivity contribution in [3.8, 4) is 0 Å². The smallest absolute Gasteiger partial charge is 0.232 e. The summed E-state index contributed by atoms with van der Waals surface area (Å²) in [6, 6.07) is 8.52. The van der Waals surface area contributed by atoms with Crippen molar-refractivity contribution in [2.24, 2.45) is 5.92 Å². The van der Waals surface area contributed by atoms with Gasteiger partial charge < -0.3 is 16.4 Å². The fourth-order valence-corrected chi connectivity index (χ4v) is 3.74. The van der Waals surface area contributed by atoms with Crippen LogP contribution >= 0.6 is 0 Å². The topological polar surface area (TPSA) is 109 Å². The van der Waals surface area contributed by atoms with E-state index in [-0.39, 0.29) is 17.8 Å². The molecule has 1 aromatic carbocycles. The zero-order chi connectivity index (χ0) is 20.2. The van der Waals surface area contributed by atoms with Crippen molar-refractivity contribution in [3.63, 3.8) is 0 Å². The van der Waals surface area contributed by atoms with E-state index in [1.165, 1.54) is 5.56 Å². The summed E-state index contributed by atoms with van der Waals surface area (Å²) in [4.78, 5) is 27.6. The average Bonchev–Trinajstić information content (AvgIpc) is 3.52. The molecule has 2 heterocycles. The number of rotatable bonds is 7. The third-order valence-corrected chi connectivity index (χ3v) is 5.59. The Bertz CT molecular complexity index is 860. The Labute approximate surface area is 171 Å². The van der Waals surface area contributed by atoms with Crippen LogP contribution in [0.25, 0.3) is 0 Å². The quantitative estimate of drug-likeness (QED) is 0.660. The van der Waals surface area contributed by atoms with Gasteiger partial charge in [-0.3, -0.25) is 9.69 Å². The second kappa shape index (κ2) is 8.73. The molecular formula is C21H29N7O. The minimum absolute atomic E-state index is 0.123. The molecule has 0 bridgehead atoms. The third kappa shape index (κ3) is 5.20. The van der Waals surface area contributed by atoms with Crippen molar-refractivity contribution in [1.82, 2.24) is 25.2 Å². The molecule has 1 aliphatic heterocycles. The van der Waals surface area contributed by atoms with E-state index in [1.807, 2.05) is 18.2 Å². The van der Waals surface area contributed by atoms with E-state index in [0.29, 0.717) is 24.4 Å². The minimum atomic E-state index is 0.123. The molecular weight excluding hydrogens is 366 g/mol. The number of nitrogens with two attached hydrogens (primary N) is 1. The fraction of sp³-hybridized carbons (Fsp3) is 0.524. The van der Waals surface area contributed by atoms with Crippen LogP contribution < -0.4 is 16.4 Å². The van der Waals surface area contributed by atoms with Crippen LogP contribution in [0.4, 0.5) is 17.6 Å². The monoisotopic (exact) mass is 395 g/mol. The Morgan fingerprint density at radius 2 is 1.90 bits per heavy atom. The SMILES string of the molecule is CCc1ccccc1Nc1nc(N)nc(CN2CCC(C(=O)NC3CC3)CC2)n1. The number of hydrogen-bond acceptors (Lipinski definition) is 7. The van der Waals surface area contributed by atoms with Gasteiger partial charge >= 0.3 is 0 Å². The molecule has 1 aromatic heterocycles. The Hall–Kier alpha value is -2.74. The Balaban J connectivity index is 1.36. The number of hydrogen-bond donors (Lipinski definition) is 3. The third-order valence-electron chi connectivity index (χ3n) is 5.59. The summed E-state index contributed by atoms with van der Waals surface area (Å²) in [6.07, 6.45) is 4.91. The van der Waals surface area contributed by atoms with E-state index >= 15 is 0 Å². The summed E-state index contributed by atoms with van der Waals surface area (Å²) in [5, 5.41) is 6.39. The van der Waals surface area contributed by atoms with Crippen molar-refractivity contribution in [2.75, 3.05) is 24.1 Å². The molecule has 4 rings (SSSR count). The second-order valence-electron chi connectivity index (χ2n) is 7.90. The van der Waals surface area contributed by atoms with Crippen LogP contribution in [-0.2, 0) is 17.8 Å². The highest BCUT2D eigenvalue weighted by Gasteiger charge is 2.30. The molecule has 1 amide bonds. The van der Waals surface area contributed by atoms with Gasteiger partial charge in [0.1, 0.15) is 5.82 Å². The van der Waals surface area contributed by atoms with Gasteiger partial charge in [0.25, 0.3) is 0 Å². The lowest BCUT2D eigenvalue weighted by Gasteiger charge is -2.30. The first-order valence-electron chi connectivity index (χ1n) is 10.5. The van der Waals surface area contributed by atoms with Crippen molar-refractivity contribution >= 4 is 23.5 Å². The zero-order valence-electron chi connectivity index (χ0n) is 16.9. The summed E-state index contributed by atoms with van der Waals surface area (Å²) in [5.41, 5.74) is 8.10. The molecule has 154 valence electrons. The van der Waals surface area contributed by atoms with Gasteiger partial charge in [0.15, 0.2) is 0 Å². The number of aromatic nitrogens is 3. The Morgan fingerprint density at radius 1 is 1.14 bits per heavy atom. The van der Waals surface area contributed by atoms with Gasteiger partial charge in [-0.25, -0.2) is 0 Å². The van der Waals surface area contributed by atoms with E-state index in [9.17, 15) is 4.79 Å². The number of carbonyl (C=O) groups excluding carboxylic acids is 1. The first-order chi connectivity index (χ1) is 14.1. The molecule has 2 fully saturated rings. The number of carbonyl (C=O) groups is 1. The normalized spacial score (nSPS) is 17.8. The number of amides is 1. The van der Waals surface area contributed by atoms with Crippen molar-refractivity contribution in [1.29, 1.82) is 0 Å². The molecule has 0 atom stereocenters. The highest BCUT2D eigenvalue weighted by atomic mass is 16.2. The van der Waals surface area contributed by atoms with E-state index < -0.39 is 0 Å². The molecule has 0 radical (unpaired) electrons. The number of aryl methyl sites for hydroxylation is 1. The van der Waals surface area contributed by atoms with Crippen LogP contribution in [0.5, 0.6) is 0 Å². The maximum atomic E-state index is 12.2. The predicted octanol–water partition coefficient (Wildman–Crippen LogP) is 2.25. The number of anilines is 3. The number of benzene rings is 1. The minimum Gasteiger partial charge on any atom is -0.368 e. The highest BCUT2D eigenvalue weighted by molar-refractivity contribution is 5.79. The van der Waals surface area contributed by atoms with Crippen molar-refractivity contribution in [3.05, 3.63) is 35.7 Å². The lowest BCUT2D eigenvalue weighted by atomic mass is 9.96. The molecule has 8 nitrogen and oxygen atoms in total. The summed E-state index contributed by atoms with van der Waals surface area (Å²) < 4.78 is 0. The van der Waals surface area contributed by atoms with E-state index in [4.69, 9.17) is 5.73 Å². The standard InChI is InChI=1S/C21H29N7O/c1-2-14-5-3-4-6-17(14)24-21-26-18(25-20(22)27-21)13-28-11-9-15(10-12-28)19(29)23-16-7-8-16/h3-6,15-16H,2,7-13H2,1H3,(H,23,29)(H3,22,24,25,26,27). The summed E-state index contributed by atoms with van der Waals surface area (Å²) in [5.74, 6) is 1.67. The van der Waals surface area contributed by atoms with E-state index in [2.05, 4.69) is 43.5 Å². The molecule has 1 aliphatic carbocycles. The van der Waals surface area contributed by atoms with Gasteiger partial charge in [0, 0.05) is 17.6 Å². The number of likely N-dealkylation sites (tertiary alicyclic amines) is 1. The van der Waals surface area contributed by atoms with E-state index in [1.54, 1.807) is 0 Å². The van der Waals surface area contributed by atoms with Crippen molar-refractivity contribution < 1.29 is 4.79 Å². The zero-order valence-corrected chi connectivity index (χ0v) is 16.9. The van der Waals surface area contributed by atoms with Gasteiger partial charge in [-0.2, -0.15) is 15.0 Å².